The van der Waals surface area contributed by atoms with E-state index in [1.165, 1.54) is 53.7 Å². The molecule has 7 aromatic rings. The molecule has 19 heteroatoms. The molecule has 7 rings (SSSR count). The third-order valence-corrected chi connectivity index (χ3v) is 10.8. The molecule has 334 valence electrons. The molecule has 0 bridgehead atoms. The van der Waals surface area contributed by atoms with Crippen LogP contribution >= 0.6 is 45.2 Å². The molecule has 0 aliphatic heterocycles. The summed E-state index contributed by atoms with van der Waals surface area (Å²) < 4.78 is 49.7. The van der Waals surface area contributed by atoms with Gasteiger partial charge in [-0.25, -0.2) is 8.78 Å². The van der Waals surface area contributed by atoms with Gasteiger partial charge in [0.15, 0.2) is 0 Å². The minimum absolute atomic E-state index is 0.0225. The van der Waals surface area contributed by atoms with Crippen molar-refractivity contribution in [2.75, 3.05) is 17.7 Å². The number of nitrogens with two attached hydrogens (primary N) is 1. The minimum Gasteiger partial charge on any atom is -0.497 e. The Balaban J connectivity index is 0.000000224. The Morgan fingerprint density at radius 1 is 0.662 bits per heavy atom. The lowest BCUT2D eigenvalue weighted by Crippen LogP contribution is -2.29. The van der Waals surface area contributed by atoms with Gasteiger partial charge in [-0.05, 0) is 125 Å². The zero-order valence-corrected chi connectivity index (χ0v) is 39.7. The van der Waals surface area contributed by atoms with Crippen LogP contribution in [0.4, 0.5) is 31.8 Å². The van der Waals surface area contributed by atoms with Crippen molar-refractivity contribution in [1.29, 1.82) is 0 Å². The highest BCUT2D eigenvalue weighted by Crippen LogP contribution is 2.34. The monoisotopic (exact) mass is 1110 g/mol. The van der Waals surface area contributed by atoms with Crippen LogP contribution in [-0.2, 0) is 20.6 Å². The molecule has 0 fully saturated rings. The van der Waals surface area contributed by atoms with Gasteiger partial charge in [-0.1, -0.05) is 12.1 Å². The summed E-state index contributed by atoms with van der Waals surface area (Å²) in [4.78, 5) is 59.2. The maximum atomic E-state index is 14.7. The molecule has 0 saturated carbocycles. The van der Waals surface area contributed by atoms with Crippen molar-refractivity contribution in [3.05, 3.63) is 177 Å². The number of pyridine rings is 4. The van der Waals surface area contributed by atoms with Crippen LogP contribution in [0, 0.1) is 32.6 Å². The van der Waals surface area contributed by atoms with Crippen molar-refractivity contribution in [1.82, 2.24) is 24.4 Å². The molecule has 0 aliphatic rings. The number of primary amides is 1. The first-order valence-electron chi connectivity index (χ1n) is 19.4. The predicted molar refractivity (Wildman–Crippen MR) is 259 cm³/mol. The minimum atomic E-state index is -0.829. The van der Waals surface area contributed by atoms with Crippen LogP contribution in [0.2, 0.25) is 0 Å². The summed E-state index contributed by atoms with van der Waals surface area (Å²) in [5.41, 5.74) is 7.05. The van der Waals surface area contributed by atoms with Gasteiger partial charge in [-0.15, -0.1) is 0 Å². The first-order valence-corrected chi connectivity index (χ1v) is 21.5. The van der Waals surface area contributed by atoms with E-state index in [0.717, 1.165) is 11.6 Å². The zero-order chi connectivity index (χ0) is 46.9. The van der Waals surface area contributed by atoms with Gasteiger partial charge in [-0.3, -0.25) is 38.3 Å². The topological polar surface area (TPSA) is 194 Å². The summed E-state index contributed by atoms with van der Waals surface area (Å²) in [6.45, 7) is 3.78. The van der Waals surface area contributed by atoms with Gasteiger partial charge in [-0.2, -0.15) is 0 Å². The standard InChI is InChI=1S/C27H24FIN4O4.C19H16FIN4O3/c1-16-12-20(10-11-30-16)37-23-14-24(34)33(2)26(32-22-9-6-18(29)13-21(22)28)25(23)27(35)31-15-17-4-7-19(36-3)8-5-17;1-10-7-12(5-6-23-10)28-15-9-16(26)25(2)19(17(15)18(22)27)24-14-4-3-11(21)8-13(14)20/h4-14,32H,15H2,1-3H3,(H,31,35);3-9,24H,1-2H3,(H2,22,27). The predicted octanol–water partition coefficient (Wildman–Crippen LogP) is 8.77. The van der Waals surface area contributed by atoms with E-state index in [2.05, 4.69) is 25.9 Å². The summed E-state index contributed by atoms with van der Waals surface area (Å²) in [5.74, 6) is -0.824. The number of carbonyl (C=O) groups excluding carboxylic acids is 2. The summed E-state index contributed by atoms with van der Waals surface area (Å²) in [6.07, 6.45) is 3.10. The lowest BCUT2D eigenvalue weighted by molar-refractivity contribution is 0.0947. The number of nitrogens with one attached hydrogen (secondary N) is 3. The zero-order valence-electron chi connectivity index (χ0n) is 35.3. The summed E-state index contributed by atoms with van der Waals surface area (Å²) in [6, 6.07) is 25.3. The Morgan fingerprint density at radius 2 is 1.12 bits per heavy atom. The number of ether oxygens (including phenoxy) is 3. The van der Waals surface area contributed by atoms with Gasteiger partial charge in [0.05, 0.1) is 18.5 Å². The Morgan fingerprint density at radius 3 is 1.55 bits per heavy atom. The van der Waals surface area contributed by atoms with Crippen molar-refractivity contribution in [2.45, 2.75) is 20.4 Å². The molecule has 0 spiro atoms. The smallest absolute Gasteiger partial charge is 0.259 e. The number of methoxy groups -OCH3 is 1. The van der Waals surface area contributed by atoms with E-state index < -0.39 is 34.6 Å². The normalized spacial score (nSPS) is 10.6. The van der Waals surface area contributed by atoms with Gasteiger partial charge in [0.2, 0.25) is 0 Å². The fraction of sp³-hybridized carbons (Fsp3) is 0.130. The number of anilines is 4. The van der Waals surface area contributed by atoms with Crippen molar-refractivity contribution >= 4 is 80.0 Å². The molecular formula is C46H40F2I2N8O7. The van der Waals surface area contributed by atoms with Gasteiger partial charge in [0.25, 0.3) is 22.9 Å². The fourth-order valence-electron chi connectivity index (χ4n) is 6.13. The van der Waals surface area contributed by atoms with E-state index in [-0.39, 0.29) is 52.2 Å². The molecule has 15 nitrogen and oxygen atoms in total. The van der Waals surface area contributed by atoms with Crippen molar-refractivity contribution in [3.8, 4) is 28.7 Å². The third-order valence-electron chi connectivity index (χ3n) is 9.45. The number of aromatic nitrogens is 4. The van der Waals surface area contributed by atoms with E-state index in [4.69, 9.17) is 19.9 Å². The summed E-state index contributed by atoms with van der Waals surface area (Å²) in [5, 5.41) is 8.58. The quantitative estimate of drug-likeness (QED) is 0.0807. The molecule has 0 radical (unpaired) electrons. The largest absolute Gasteiger partial charge is 0.497 e. The molecule has 3 aromatic carbocycles. The number of halogens is 4. The highest BCUT2D eigenvalue weighted by molar-refractivity contribution is 14.1. The molecule has 0 saturated heterocycles. The van der Waals surface area contributed by atoms with E-state index in [9.17, 15) is 28.0 Å². The van der Waals surface area contributed by atoms with E-state index in [1.54, 1.807) is 81.8 Å². The van der Waals surface area contributed by atoms with Gasteiger partial charge in [0.1, 0.15) is 63.1 Å². The Bertz CT molecular complexity index is 3040. The highest BCUT2D eigenvalue weighted by Gasteiger charge is 2.25. The first kappa shape index (κ1) is 47.6. The second-order valence-electron chi connectivity index (χ2n) is 14.1. The molecule has 4 heterocycles. The maximum Gasteiger partial charge on any atom is 0.259 e. The van der Waals surface area contributed by atoms with Gasteiger partial charge >= 0.3 is 0 Å². The number of hydrogen-bond donors (Lipinski definition) is 4. The molecule has 2 amide bonds. The lowest BCUT2D eigenvalue weighted by Gasteiger charge is -2.19. The Labute approximate surface area is 398 Å². The van der Waals surface area contributed by atoms with Crippen LogP contribution in [0.25, 0.3) is 0 Å². The number of benzene rings is 3. The molecule has 4 aromatic heterocycles. The van der Waals surface area contributed by atoms with Crippen molar-refractivity contribution in [3.63, 3.8) is 0 Å². The second-order valence-corrected chi connectivity index (χ2v) is 16.6. The first-order chi connectivity index (χ1) is 31.0. The maximum absolute atomic E-state index is 14.7. The summed E-state index contributed by atoms with van der Waals surface area (Å²) >= 11 is 3.98. The highest BCUT2D eigenvalue weighted by atomic mass is 127. The number of hydrogen-bond acceptors (Lipinski definition) is 11. The molecule has 65 heavy (non-hydrogen) atoms. The van der Waals surface area contributed by atoms with Crippen LogP contribution < -0.4 is 47.0 Å². The van der Waals surface area contributed by atoms with E-state index in [1.807, 2.05) is 57.3 Å². The fourth-order valence-corrected chi connectivity index (χ4v) is 7.04. The Hall–Kier alpha value is -6.88. The van der Waals surface area contributed by atoms with Crippen LogP contribution in [0.1, 0.15) is 37.7 Å². The Kier molecular flexibility index (Phi) is 15.5. The van der Waals surface area contributed by atoms with Gasteiger partial charge < -0.3 is 35.9 Å². The van der Waals surface area contributed by atoms with Crippen LogP contribution in [0.15, 0.2) is 119 Å². The SMILES string of the molecule is COc1ccc(CNC(=O)c2c(Oc3ccnc(C)c3)cc(=O)n(C)c2Nc2ccc(I)cc2F)cc1.Cc1cc(Oc2cc(=O)n(C)c(Nc3ccc(I)cc3F)c2C(N)=O)ccn1. The van der Waals surface area contributed by atoms with E-state index >= 15 is 0 Å². The lowest BCUT2D eigenvalue weighted by atomic mass is 10.1. The molecule has 5 N–H and O–H groups in total. The molecule has 0 atom stereocenters. The van der Waals surface area contributed by atoms with Crippen LogP contribution in [0.5, 0.6) is 28.7 Å². The number of aryl methyl sites for hydroxylation is 2. The molecular weight excluding hydrogens is 1070 g/mol. The third kappa shape index (κ3) is 12.0. The number of carbonyl (C=O) groups is 2. The summed E-state index contributed by atoms with van der Waals surface area (Å²) in [7, 11) is 4.52. The van der Waals surface area contributed by atoms with Crippen molar-refractivity contribution < 1.29 is 32.6 Å². The van der Waals surface area contributed by atoms with Crippen molar-refractivity contribution in [2.24, 2.45) is 19.8 Å². The van der Waals surface area contributed by atoms with Crippen LogP contribution in [-0.4, -0.2) is 38.0 Å². The number of amides is 2. The van der Waals surface area contributed by atoms with E-state index in [0.29, 0.717) is 35.8 Å². The average molecular weight is 1110 g/mol. The number of rotatable bonds is 13. The second kappa shape index (κ2) is 21.2. The molecule has 0 unspecified atom stereocenters. The van der Waals surface area contributed by atoms with Crippen LogP contribution in [0.3, 0.4) is 0 Å². The number of nitrogens with zero attached hydrogens (tertiary/aromatic N) is 4. The average Bonchev–Trinajstić information content (AvgIpc) is 3.25. The van der Waals surface area contributed by atoms with Gasteiger partial charge in [0, 0.05) is 75.8 Å². The molecule has 0 aliphatic carbocycles.